The van der Waals surface area contributed by atoms with Gasteiger partial charge in [-0.3, -0.25) is 4.48 Å². The standard InChI is InChI=1S/C21H38N/c1-5-6-7-8-9-10-11-12-13-14-15-20-16-18-21(19-17-20)22(2,3)4/h16-19H,5-15H2,1-4H3/q+1. The average Bonchev–Trinajstić information content (AvgIpc) is 2.49. The van der Waals surface area contributed by atoms with Gasteiger partial charge in [-0.15, -0.1) is 0 Å². The molecule has 1 nitrogen and oxygen atoms in total. The van der Waals surface area contributed by atoms with Gasteiger partial charge in [0.25, 0.3) is 0 Å². The summed E-state index contributed by atoms with van der Waals surface area (Å²) in [5, 5.41) is 0. The Hall–Kier alpha value is -0.820. The summed E-state index contributed by atoms with van der Waals surface area (Å²) < 4.78 is 0.901. The van der Waals surface area contributed by atoms with E-state index in [0.29, 0.717) is 0 Å². The number of hydrogen-bond donors (Lipinski definition) is 0. The second-order valence-electron chi connectivity index (χ2n) is 7.61. The monoisotopic (exact) mass is 304 g/mol. The fourth-order valence-electron chi connectivity index (χ4n) is 2.93. The number of unbranched alkanes of at least 4 members (excludes halogenated alkanes) is 9. The fourth-order valence-corrected chi connectivity index (χ4v) is 2.93. The minimum absolute atomic E-state index is 0.901. The summed E-state index contributed by atoms with van der Waals surface area (Å²) >= 11 is 0. The molecule has 0 fully saturated rings. The van der Waals surface area contributed by atoms with Crippen molar-refractivity contribution in [1.29, 1.82) is 0 Å². The summed E-state index contributed by atoms with van der Waals surface area (Å²) in [6.45, 7) is 2.29. The third-order valence-electron chi connectivity index (χ3n) is 4.53. The zero-order chi connectivity index (χ0) is 16.3. The van der Waals surface area contributed by atoms with Crippen LogP contribution in [0.15, 0.2) is 24.3 Å². The fraction of sp³-hybridized carbons (Fsp3) is 0.714. The first-order valence-electron chi connectivity index (χ1n) is 9.45. The van der Waals surface area contributed by atoms with Crippen molar-refractivity contribution in [2.24, 2.45) is 0 Å². The molecule has 0 spiro atoms. The molecule has 0 aliphatic heterocycles. The Labute approximate surface area is 139 Å². The van der Waals surface area contributed by atoms with Gasteiger partial charge in [0.2, 0.25) is 0 Å². The van der Waals surface area contributed by atoms with Crippen molar-refractivity contribution in [2.75, 3.05) is 21.1 Å². The maximum atomic E-state index is 2.31. The summed E-state index contributed by atoms with van der Waals surface area (Å²) in [5.41, 5.74) is 2.88. The zero-order valence-corrected chi connectivity index (χ0v) is 15.5. The first kappa shape index (κ1) is 19.2. The molecule has 0 saturated carbocycles. The van der Waals surface area contributed by atoms with E-state index in [9.17, 15) is 0 Å². The number of nitrogens with zero attached hydrogens (tertiary/aromatic N) is 1. The van der Waals surface area contributed by atoms with Crippen molar-refractivity contribution in [1.82, 2.24) is 4.48 Å². The van der Waals surface area contributed by atoms with Gasteiger partial charge in [-0.2, -0.15) is 0 Å². The van der Waals surface area contributed by atoms with Gasteiger partial charge in [0.05, 0.1) is 21.1 Å². The molecule has 0 atom stereocenters. The van der Waals surface area contributed by atoms with Crippen LogP contribution in [0.2, 0.25) is 0 Å². The van der Waals surface area contributed by atoms with Crippen LogP contribution in [-0.4, -0.2) is 21.1 Å². The van der Waals surface area contributed by atoms with Gasteiger partial charge >= 0.3 is 0 Å². The molecule has 126 valence electrons. The molecular weight excluding hydrogens is 266 g/mol. The Morgan fingerprint density at radius 3 is 1.55 bits per heavy atom. The van der Waals surface area contributed by atoms with Crippen LogP contribution >= 0.6 is 0 Å². The van der Waals surface area contributed by atoms with Crippen LogP contribution in [0.1, 0.15) is 76.7 Å². The molecule has 0 N–H and O–H groups in total. The number of benzene rings is 1. The minimum atomic E-state index is 0.901. The maximum absolute atomic E-state index is 2.31. The molecular formula is C21H38N+. The summed E-state index contributed by atoms with van der Waals surface area (Å²) in [5.74, 6) is 0. The Kier molecular flexibility index (Phi) is 9.47. The van der Waals surface area contributed by atoms with Crippen molar-refractivity contribution in [3.8, 4) is 0 Å². The zero-order valence-electron chi connectivity index (χ0n) is 15.5. The van der Waals surface area contributed by atoms with Crippen LogP contribution in [-0.2, 0) is 6.42 Å². The molecule has 0 aliphatic carbocycles. The lowest BCUT2D eigenvalue weighted by Gasteiger charge is -2.23. The van der Waals surface area contributed by atoms with E-state index < -0.39 is 0 Å². The molecule has 0 aliphatic rings. The van der Waals surface area contributed by atoms with Crippen molar-refractivity contribution in [3.05, 3.63) is 29.8 Å². The Balaban J connectivity index is 2.03. The van der Waals surface area contributed by atoms with Crippen LogP contribution < -0.4 is 4.48 Å². The average molecular weight is 305 g/mol. The van der Waals surface area contributed by atoms with Crippen molar-refractivity contribution >= 4 is 5.69 Å². The maximum Gasteiger partial charge on any atom is 0.132 e. The Morgan fingerprint density at radius 2 is 1.09 bits per heavy atom. The van der Waals surface area contributed by atoms with E-state index in [4.69, 9.17) is 0 Å². The Bertz CT molecular complexity index is 372. The molecule has 1 heteroatoms. The molecule has 0 amide bonds. The summed E-state index contributed by atoms with van der Waals surface area (Å²) in [6.07, 6.45) is 15.4. The van der Waals surface area contributed by atoms with Gasteiger partial charge in [0.15, 0.2) is 0 Å². The lowest BCUT2D eigenvalue weighted by molar-refractivity contribution is 0.486. The second-order valence-corrected chi connectivity index (χ2v) is 7.61. The molecule has 0 unspecified atom stereocenters. The molecule has 0 bridgehead atoms. The highest BCUT2D eigenvalue weighted by Gasteiger charge is 2.10. The normalized spacial score (nSPS) is 11.8. The lowest BCUT2D eigenvalue weighted by Crippen LogP contribution is -2.34. The summed E-state index contributed by atoms with van der Waals surface area (Å²) in [6, 6.07) is 9.19. The third kappa shape index (κ3) is 8.58. The van der Waals surface area contributed by atoms with E-state index >= 15 is 0 Å². The first-order chi connectivity index (χ1) is 10.5. The molecule has 22 heavy (non-hydrogen) atoms. The van der Waals surface area contributed by atoms with E-state index in [2.05, 4.69) is 52.3 Å². The number of aryl methyl sites for hydroxylation is 1. The van der Waals surface area contributed by atoms with Gasteiger partial charge in [-0.05, 0) is 30.5 Å². The number of quaternary nitrogens is 1. The number of hydrogen-bond acceptors (Lipinski definition) is 0. The van der Waals surface area contributed by atoms with Gasteiger partial charge in [0.1, 0.15) is 5.69 Å². The smallest absolute Gasteiger partial charge is 0.132 e. The predicted octanol–water partition coefficient (Wildman–Crippen LogP) is 6.35. The summed E-state index contributed by atoms with van der Waals surface area (Å²) in [4.78, 5) is 0. The van der Waals surface area contributed by atoms with Gasteiger partial charge in [-0.25, -0.2) is 0 Å². The van der Waals surface area contributed by atoms with Crippen LogP contribution in [0, 0.1) is 0 Å². The molecule has 1 aromatic carbocycles. The van der Waals surface area contributed by atoms with Crippen molar-refractivity contribution < 1.29 is 0 Å². The molecule has 0 heterocycles. The van der Waals surface area contributed by atoms with Crippen LogP contribution in [0.25, 0.3) is 0 Å². The van der Waals surface area contributed by atoms with Crippen molar-refractivity contribution in [2.45, 2.75) is 77.6 Å². The molecule has 0 radical (unpaired) electrons. The molecule has 1 rings (SSSR count). The summed E-state index contributed by atoms with van der Waals surface area (Å²) in [7, 11) is 6.66. The predicted molar refractivity (Wildman–Crippen MR) is 102 cm³/mol. The third-order valence-corrected chi connectivity index (χ3v) is 4.53. The quantitative estimate of drug-likeness (QED) is 0.312. The second kappa shape index (κ2) is 10.8. The van der Waals surface area contributed by atoms with E-state index in [-0.39, 0.29) is 0 Å². The first-order valence-corrected chi connectivity index (χ1v) is 9.45. The topological polar surface area (TPSA) is 0 Å². The number of rotatable bonds is 12. The SMILES string of the molecule is CCCCCCCCCCCCc1ccc([N+](C)(C)C)cc1. The van der Waals surface area contributed by atoms with E-state index in [0.717, 1.165) is 4.48 Å². The highest BCUT2D eigenvalue weighted by atomic mass is 15.3. The highest BCUT2D eigenvalue weighted by molar-refractivity contribution is 5.42. The van der Waals surface area contributed by atoms with E-state index in [1.54, 1.807) is 0 Å². The lowest BCUT2D eigenvalue weighted by atomic mass is 10.0. The van der Waals surface area contributed by atoms with Crippen LogP contribution in [0.5, 0.6) is 0 Å². The van der Waals surface area contributed by atoms with E-state index in [1.165, 1.54) is 81.9 Å². The van der Waals surface area contributed by atoms with Gasteiger partial charge in [0, 0.05) is 0 Å². The molecule has 1 aromatic rings. The largest absolute Gasteiger partial charge is 0.298 e. The van der Waals surface area contributed by atoms with Gasteiger partial charge in [-0.1, -0.05) is 76.8 Å². The van der Waals surface area contributed by atoms with Crippen LogP contribution in [0.3, 0.4) is 0 Å². The minimum Gasteiger partial charge on any atom is -0.298 e. The molecule has 0 aromatic heterocycles. The molecule has 0 saturated heterocycles. The van der Waals surface area contributed by atoms with E-state index in [1.807, 2.05) is 0 Å². The van der Waals surface area contributed by atoms with Gasteiger partial charge < -0.3 is 0 Å². The van der Waals surface area contributed by atoms with Crippen LogP contribution in [0.4, 0.5) is 5.69 Å². The Morgan fingerprint density at radius 1 is 0.636 bits per heavy atom. The highest BCUT2D eigenvalue weighted by Crippen LogP contribution is 2.18. The van der Waals surface area contributed by atoms with Crippen molar-refractivity contribution in [3.63, 3.8) is 0 Å².